The molecule has 0 aromatic carbocycles. The van der Waals surface area contributed by atoms with E-state index in [1.807, 2.05) is 0 Å². The molecule has 1 aliphatic heterocycles. The molecule has 0 aromatic rings. The lowest BCUT2D eigenvalue weighted by Crippen LogP contribution is -2.60. The first-order valence-electron chi connectivity index (χ1n) is 12.6. The third-order valence-corrected chi connectivity index (χ3v) is 8.57. The summed E-state index contributed by atoms with van der Waals surface area (Å²) in [5, 5.41) is 4.53. The predicted octanol–water partition coefficient (Wildman–Crippen LogP) is 0.765. The average Bonchev–Trinajstić information content (AvgIpc) is 3.66. The first-order chi connectivity index (χ1) is 17.3. The number of likely N-dealkylation sites (tertiary alicyclic amines) is 1. The number of hydrogen-bond acceptors (Lipinski definition) is 8. The number of sulfonamides is 1. The van der Waals surface area contributed by atoms with E-state index in [-0.39, 0.29) is 25.2 Å². The van der Waals surface area contributed by atoms with Gasteiger partial charge < -0.3 is 20.3 Å². The van der Waals surface area contributed by atoms with Gasteiger partial charge in [-0.25, -0.2) is 13.2 Å². The van der Waals surface area contributed by atoms with Crippen LogP contribution < -0.4 is 15.4 Å². The van der Waals surface area contributed by atoms with Gasteiger partial charge in [0.1, 0.15) is 23.2 Å². The molecule has 3 fully saturated rings. The second-order valence-electron chi connectivity index (χ2n) is 12.4. The Labute approximate surface area is 223 Å². The third kappa shape index (κ3) is 6.54. The molecule has 4 amide bonds. The summed E-state index contributed by atoms with van der Waals surface area (Å²) in [7, 11) is -3.86. The second-order valence-corrected chi connectivity index (χ2v) is 14.3. The van der Waals surface area contributed by atoms with Crippen molar-refractivity contribution in [3.63, 3.8) is 0 Å². The van der Waals surface area contributed by atoms with E-state index in [1.165, 1.54) is 6.08 Å². The summed E-state index contributed by atoms with van der Waals surface area (Å²) in [6, 6.07) is -2.36. The van der Waals surface area contributed by atoms with E-state index >= 15 is 0 Å². The van der Waals surface area contributed by atoms with Gasteiger partial charge in [-0.1, -0.05) is 26.8 Å². The van der Waals surface area contributed by atoms with Gasteiger partial charge in [0, 0.05) is 12.3 Å². The summed E-state index contributed by atoms with van der Waals surface area (Å²) in [6.07, 6.45) is 1.40. The maximum atomic E-state index is 13.6. The van der Waals surface area contributed by atoms with Crippen LogP contribution in [0.15, 0.2) is 12.7 Å². The number of rotatable bonds is 8. The van der Waals surface area contributed by atoms with Gasteiger partial charge in [0.05, 0.1) is 11.8 Å². The summed E-state index contributed by atoms with van der Waals surface area (Å²) >= 11 is 0. The van der Waals surface area contributed by atoms with E-state index < -0.39 is 73.6 Å². The van der Waals surface area contributed by atoms with E-state index in [2.05, 4.69) is 21.9 Å². The number of Topliss-reactive ketones (excluding diaryl/α,β-unsaturated/α-hetero) is 1. The van der Waals surface area contributed by atoms with Crippen molar-refractivity contribution in [2.75, 3.05) is 6.54 Å². The zero-order chi connectivity index (χ0) is 28.8. The molecule has 12 nitrogen and oxygen atoms in total. The van der Waals surface area contributed by atoms with E-state index in [4.69, 9.17) is 4.74 Å². The molecule has 0 aromatic heterocycles. The molecule has 1 saturated heterocycles. The predicted molar refractivity (Wildman–Crippen MR) is 137 cm³/mol. The van der Waals surface area contributed by atoms with E-state index in [9.17, 15) is 32.4 Å². The number of carbonyl (C=O) groups excluding carboxylic acids is 5. The first-order valence-corrected chi connectivity index (χ1v) is 14.2. The average molecular weight is 555 g/mol. The van der Waals surface area contributed by atoms with Gasteiger partial charge in [0.15, 0.2) is 5.78 Å². The zero-order valence-corrected chi connectivity index (χ0v) is 23.6. The van der Waals surface area contributed by atoms with Crippen LogP contribution in [-0.4, -0.2) is 77.9 Å². The Morgan fingerprint density at radius 3 is 2.21 bits per heavy atom. The Morgan fingerprint density at radius 1 is 1.13 bits per heavy atom. The Hall–Kier alpha value is -2.96. The third-order valence-electron chi connectivity index (χ3n) is 6.75. The molecule has 0 radical (unpaired) electrons. The van der Waals surface area contributed by atoms with Crippen molar-refractivity contribution in [3.05, 3.63) is 12.7 Å². The topological polar surface area (TPSA) is 168 Å². The van der Waals surface area contributed by atoms with Crippen molar-refractivity contribution in [2.24, 2.45) is 11.3 Å². The number of nitrogens with one attached hydrogen (secondary N) is 3. The standard InChI is InChI=1S/C25H38N4O8S/c1-8-14-12-25(14,21(33)28-38(35,36)16-9-10-16)27-19(31)17-11-15(30)13-29(17)20(32)18(23(2,3)4)26-22(34)37-24(5,6)7/h8,14,16-18H,1,9-13H2,2-7H3,(H,26,34)(H,27,31)(H,28,33)/t14-,17+,18-,25-/m1/s1. The molecule has 2 aliphatic carbocycles. The van der Waals surface area contributed by atoms with Gasteiger partial charge in [-0.2, -0.15) is 0 Å². The minimum atomic E-state index is -3.86. The van der Waals surface area contributed by atoms with Gasteiger partial charge in [-0.3, -0.25) is 23.9 Å². The normalized spacial score (nSPS) is 26.3. The van der Waals surface area contributed by atoms with Crippen LogP contribution in [0.2, 0.25) is 0 Å². The van der Waals surface area contributed by atoms with E-state index in [1.54, 1.807) is 41.5 Å². The van der Waals surface area contributed by atoms with E-state index in [0.29, 0.717) is 12.8 Å². The SMILES string of the molecule is C=C[C@@H]1C[C@]1(NC(=O)[C@@H]1CC(=O)CN1C(=O)[C@@H](NC(=O)OC(C)(C)C)C(C)(C)C)C(=O)NS(=O)(=O)C1CC1. The molecule has 0 unspecified atom stereocenters. The largest absolute Gasteiger partial charge is 0.444 e. The molecule has 0 bridgehead atoms. The van der Waals surface area contributed by atoms with Gasteiger partial charge in [0.25, 0.3) is 5.91 Å². The van der Waals surface area contributed by atoms with Crippen molar-refractivity contribution >= 4 is 39.6 Å². The van der Waals surface area contributed by atoms with Crippen LogP contribution in [0.4, 0.5) is 4.79 Å². The van der Waals surface area contributed by atoms with Crippen molar-refractivity contribution < 1.29 is 37.1 Å². The monoisotopic (exact) mass is 554 g/mol. The zero-order valence-electron chi connectivity index (χ0n) is 22.8. The number of hydrogen-bond donors (Lipinski definition) is 3. The van der Waals surface area contributed by atoms with Crippen LogP contribution >= 0.6 is 0 Å². The van der Waals surface area contributed by atoms with Crippen LogP contribution in [0.3, 0.4) is 0 Å². The Bertz CT molecular complexity index is 1150. The fraction of sp³-hybridized carbons (Fsp3) is 0.720. The summed E-state index contributed by atoms with van der Waals surface area (Å²) in [4.78, 5) is 65.9. The summed E-state index contributed by atoms with van der Waals surface area (Å²) in [5.74, 6) is -3.17. The lowest BCUT2D eigenvalue weighted by Gasteiger charge is -2.35. The van der Waals surface area contributed by atoms with Crippen LogP contribution in [0.5, 0.6) is 0 Å². The van der Waals surface area contributed by atoms with Crippen molar-refractivity contribution in [1.82, 2.24) is 20.3 Å². The van der Waals surface area contributed by atoms with Gasteiger partial charge in [-0.05, 0) is 45.4 Å². The van der Waals surface area contributed by atoms with Crippen LogP contribution in [-0.2, 0) is 33.9 Å². The lowest BCUT2D eigenvalue weighted by molar-refractivity contribution is -0.143. The number of carbonyl (C=O) groups is 5. The fourth-order valence-electron chi connectivity index (χ4n) is 4.42. The quantitative estimate of drug-likeness (QED) is 0.370. The first kappa shape index (κ1) is 29.6. The molecular formula is C25H38N4O8S. The fourth-order valence-corrected chi connectivity index (χ4v) is 5.78. The number of alkyl carbamates (subject to hydrolysis) is 1. The highest BCUT2D eigenvalue weighted by Crippen LogP contribution is 2.45. The Kier molecular flexibility index (Phi) is 7.77. The van der Waals surface area contributed by atoms with Gasteiger partial charge in [-0.15, -0.1) is 6.58 Å². The van der Waals surface area contributed by atoms with E-state index in [0.717, 1.165) is 4.90 Å². The highest BCUT2D eigenvalue weighted by Gasteiger charge is 2.62. The van der Waals surface area contributed by atoms with Crippen LogP contribution in [0.25, 0.3) is 0 Å². The molecular weight excluding hydrogens is 516 g/mol. The summed E-state index contributed by atoms with van der Waals surface area (Å²) in [5.41, 5.74) is -3.15. The molecule has 2 saturated carbocycles. The number of ether oxygens (including phenoxy) is 1. The molecule has 212 valence electrons. The minimum absolute atomic E-state index is 0.133. The van der Waals surface area contributed by atoms with Crippen molar-refractivity contribution in [1.29, 1.82) is 0 Å². The molecule has 3 N–H and O–H groups in total. The maximum absolute atomic E-state index is 13.6. The second kappa shape index (κ2) is 9.97. The molecule has 3 aliphatic rings. The molecule has 3 rings (SSSR count). The van der Waals surface area contributed by atoms with Gasteiger partial charge >= 0.3 is 6.09 Å². The number of amides is 4. The molecule has 1 heterocycles. The van der Waals surface area contributed by atoms with Crippen LogP contribution in [0, 0.1) is 11.3 Å². The molecule has 4 atom stereocenters. The van der Waals surface area contributed by atoms with Crippen molar-refractivity contribution in [3.8, 4) is 0 Å². The summed E-state index contributed by atoms with van der Waals surface area (Å²) in [6.45, 7) is 13.5. The van der Waals surface area contributed by atoms with Crippen LogP contribution in [0.1, 0.15) is 67.2 Å². The number of ketones is 1. The number of nitrogens with zero attached hydrogens (tertiary/aromatic N) is 1. The summed E-state index contributed by atoms with van der Waals surface area (Å²) < 4.78 is 32.0. The maximum Gasteiger partial charge on any atom is 0.408 e. The minimum Gasteiger partial charge on any atom is -0.444 e. The van der Waals surface area contributed by atoms with Gasteiger partial charge in [0.2, 0.25) is 21.8 Å². The highest BCUT2D eigenvalue weighted by atomic mass is 32.2. The lowest BCUT2D eigenvalue weighted by atomic mass is 9.85. The Morgan fingerprint density at radius 2 is 1.74 bits per heavy atom. The molecule has 13 heteroatoms. The smallest absolute Gasteiger partial charge is 0.408 e. The molecule has 0 spiro atoms. The van der Waals surface area contributed by atoms with Crippen molar-refractivity contribution in [2.45, 2.75) is 95.7 Å². The Balaban J connectivity index is 1.79. The highest BCUT2D eigenvalue weighted by molar-refractivity contribution is 7.91. The molecule has 38 heavy (non-hydrogen) atoms.